The fraction of sp³-hybridized carbons (Fsp3) is 0.476. The van der Waals surface area contributed by atoms with Crippen LogP contribution in [-0.2, 0) is 16.8 Å². The Hall–Kier alpha value is -2.50. The summed E-state index contributed by atoms with van der Waals surface area (Å²) in [5.74, 6) is -0.440. The lowest BCUT2D eigenvalue weighted by Gasteiger charge is -2.46. The number of amides is 1. The summed E-state index contributed by atoms with van der Waals surface area (Å²) >= 11 is 0. The molecule has 27 heavy (non-hydrogen) atoms. The fourth-order valence-corrected chi connectivity index (χ4v) is 3.75. The molecule has 0 fully saturated rings. The normalized spacial score (nSPS) is 24.6. The predicted molar refractivity (Wildman–Crippen MR) is 106 cm³/mol. The third kappa shape index (κ3) is 3.07. The molecule has 5 nitrogen and oxygen atoms in total. The topological polar surface area (TPSA) is 71.0 Å². The lowest BCUT2D eigenvalue weighted by Crippen LogP contribution is -2.58. The molecule has 2 aliphatic heterocycles. The van der Waals surface area contributed by atoms with Gasteiger partial charge in [-0.1, -0.05) is 12.1 Å². The highest BCUT2D eigenvalue weighted by Gasteiger charge is 2.53. The van der Waals surface area contributed by atoms with E-state index >= 15 is 0 Å². The second-order valence-corrected chi connectivity index (χ2v) is 8.10. The quantitative estimate of drug-likeness (QED) is 0.884. The second kappa shape index (κ2) is 6.59. The first-order valence-electron chi connectivity index (χ1n) is 9.19. The fourth-order valence-electron chi connectivity index (χ4n) is 3.75. The van der Waals surface area contributed by atoms with Gasteiger partial charge in [0.1, 0.15) is 11.4 Å². The van der Waals surface area contributed by atoms with Gasteiger partial charge in [0.2, 0.25) is 5.91 Å². The molecule has 0 saturated carbocycles. The van der Waals surface area contributed by atoms with E-state index in [1.54, 1.807) is 33.9 Å². The van der Waals surface area contributed by atoms with Crippen molar-refractivity contribution in [1.82, 2.24) is 4.90 Å². The number of carbonyl (C=O) groups excluding carboxylic acids is 1. The summed E-state index contributed by atoms with van der Waals surface area (Å²) in [6.07, 6.45) is 3.56. The molecule has 0 aliphatic carbocycles. The van der Waals surface area contributed by atoms with Gasteiger partial charge in [-0.05, 0) is 63.3 Å². The number of nitrogens with two attached hydrogens (primary N) is 1. The van der Waals surface area contributed by atoms with Crippen LogP contribution in [0.25, 0.3) is 0 Å². The largest absolute Gasteiger partial charge is 0.369 e. The number of halogens is 1. The van der Waals surface area contributed by atoms with Gasteiger partial charge in [-0.25, -0.2) is 9.38 Å². The van der Waals surface area contributed by atoms with Crippen molar-refractivity contribution in [3.8, 4) is 0 Å². The van der Waals surface area contributed by atoms with Crippen LogP contribution in [0.3, 0.4) is 0 Å². The van der Waals surface area contributed by atoms with Crippen molar-refractivity contribution in [1.29, 1.82) is 0 Å². The smallest absolute Gasteiger partial charge is 0.237 e. The van der Waals surface area contributed by atoms with Gasteiger partial charge in [-0.2, -0.15) is 0 Å². The van der Waals surface area contributed by atoms with Gasteiger partial charge in [-0.15, -0.1) is 0 Å². The molecule has 144 valence electrons. The first kappa shape index (κ1) is 19.3. The summed E-state index contributed by atoms with van der Waals surface area (Å²) in [4.78, 5) is 23.0. The molecule has 0 aromatic heterocycles. The minimum absolute atomic E-state index is 0.107. The summed E-state index contributed by atoms with van der Waals surface area (Å²) in [5.41, 5.74) is 7.89. The summed E-state index contributed by atoms with van der Waals surface area (Å²) in [6.45, 7) is 8.17. The number of hydrogen-bond acceptors (Lipinski definition) is 4. The number of guanidine groups is 1. The molecule has 2 aliphatic rings. The van der Waals surface area contributed by atoms with Crippen LogP contribution in [0.5, 0.6) is 0 Å². The van der Waals surface area contributed by atoms with Crippen LogP contribution >= 0.6 is 0 Å². The zero-order chi connectivity index (χ0) is 20.0. The molecule has 1 aromatic rings. The number of benzene rings is 1. The number of rotatable bonds is 4. The van der Waals surface area contributed by atoms with Crippen molar-refractivity contribution in [2.75, 3.05) is 13.6 Å². The average Bonchev–Trinajstić information content (AvgIpc) is 3.03. The van der Waals surface area contributed by atoms with E-state index in [2.05, 4.69) is 16.9 Å². The van der Waals surface area contributed by atoms with Gasteiger partial charge < -0.3 is 5.73 Å². The Balaban J connectivity index is 1.98. The number of hydrogen-bond donors (Lipinski definition) is 1. The van der Waals surface area contributed by atoms with Gasteiger partial charge in [0.05, 0.1) is 12.0 Å². The van der Waals surface area contributed by atoms with Crippen LogP contribution in [0.4, 0.5) is 4.39 Å². The lowest BCUT2D eigenvalue weighted by atomic mass is 9.67. The van der Waals surface area contributed by atoms with E-state index in [0.717, 1.165) is 24.9 Å². The molecule has 3 rings (SSSR count). The van der Waals surface area contributed by atoms with Crippen LogP contribution < -0.4 is 5.73 Å². The number of aliphatic imine (C=N–C) groups is 2. The lowest BCUT2D eigenvalue weighted by molar-refractivity contribution is -0.140. The highest BCUT2D eigenvalue weighted by atomic mass is 19.1. The summed E-state index contributed by atoms with van der Waals surface area (Å²) in [7, 11) is 1.59. The Bertz CT molecular complexity index is 884. The van der Waals surface area contributed by atoms with Crippen LogP contribution in [0.1, 0.15) is 45.2 Å². The monoisotopic (exact) mass is 370 g/mol. The van der Waals surface area contributed by atoms with Crippen molar-refractivity contribution in [3.63, 3.8) is 0 Å². The highest BCUT2D eigenvalue weighted by molar-refractivity contribution is 6.01. The first-order chi connectivity index (χ1) is 12.6. The molecule has 0 unspecified atom stereocenters. The Kier molecular flexibility index (Phi) is 4.70. The van der Waals surface area contributed by atoms with Crippen molar-refractivity contribution in [2.45, 2.75) is 46.1 Å². The van der Waals surface area contributed by atoms with Crippen molar-refractivity contribution in [3.05, 3.63) is 46.3 Å². The number of nitrogens with zero attached hydrogens (tertiary/aromatic N) is 3. The van der Waals surface area contributed by atoms with E-state index in [9.17, 15) is 9.18 Å². The van der Waals surface area contributed by atoms with E-state index in [-0.39, 0.29) is 17.7 Å². The maximum Gasteiger partial charge on any atom is 0.237 e. The summed E-state index contributed by atoms with van der Waals surface area (Å²) in [6, 6.07) is 5.09. The van der Waals surface area contributed by atoms with E-state index in [1.807, 2.05) is 12.3 Å². The minimum atomic E-state index is -1.08. The number of aryl methyl sites for hydroxylation is 1. The van der Waals surface area contributed by atoms with Gasteiger partial charge in [-0.3, -0.25) is 14.7 Å². The maximum absolute atomic E-state index is 14.8. The van der Waals surface area contributed by atoms with E-state index in [1.165, 1.54) is 22.1 Å². The molecule has 0 radical (unpaired) electrons. The molecular formula is C21H27FN4O. The molecular weight excluding hydrogens is 343 g/mol. The first-order valence-corrected chi connectivity index (χ1v) is 9.19. The SMILES string of the molecule is CC1=C(CCc2ccc(F)c([C@@]3(C)N=C(N)N(C)C(=O)C3(C)C)c2)CN=C1. The number of allylic oxidation sites excluding steroid dienone is 1. The molecule has 1 aromatic carbocycles. The van der Waals surface area contributed by atoms with Crippen molar-refractivity contribution < 1.29 is 9.18 Å². The van der Waals surface area contributed by atoms with Crippen molar-refractivity contribution >= 4 is 18.1 Å². The standard InChI is InChI=1S/C21H27FN4O/c1-13-11-24-12-15(13)8-6-14-7-9-17(22)16(10-14)21(4)20(2,3)18(27)26(5)19(23)25-21/h7,9-11H,6,8,12H2,1-5H3,(H2,23,25)/t21-/m1/s1. The van der Waals surface area contributed by atoms with Crippen LogP contribution in [-0.4, -0.2) is 36.6 Å². The molecule has 2 N–H and O–H groups in total. The van der Waals surface area contributed by atoms with Gasteiger partial charge in [0, 0.05) is 18.8 Å². The predicted octanol–water partition coefficient (Wildman–Crippen LogP) is 3.19. The zero-order valence-electron chi connectivity index (χ0n) is 16.6. The van der Waals surface area contributed by atoms with E-state index in [0.29, 0.717) is 5.56 Å². The summed E-state index contributed by atoms with van der Waals surface area (Å²) < 4.78 is 14.8. The molecule has 0 saturated heterocycles. The Labute approximate surface area is 159 Å². The molecule has 0 bridgehead atoms. The maximum atomic E-state index is 14.8. The minimum Gasteiger partial charge on any atom is -0.369 e. The third-order valence-corrected chi connectivity index (χ3v) is 6.13. The van der Waals surface area contributed by atoms with Crippen LogP contribution in [0, 0.1) is 11.2 Å². The zero-order valence-corrected chi connectivity index (χ0v) is 16.6. The number of carbonyl (C=O) groups is 1. The molecule has 0 spiro atoms. The van der Waals surface area contributed by atoms with Gasteiger partial charge >= 0.3 is 0 Å². The Morgan fingerprint density at radius 1 is 1.26 bits per heavy atom. The highest BCUT2D eigenvalue weighted by Crippen LogP contribution is 2.47. The molecule has 1 amide bonds. The average molecular weight is 370 g/mol. The molecule has 1 atom stereocenters. The van der Waals surface area contributed by atoms with Crippen LogP contribution in [0.15, 0.2) is 39.3 Å². The molecule has 2 heterocycles. The van der Waals surface area contributed by atoms with E-state index in [4.69, 9.17) is 5.73 Å². The van der Waals surface area contributed by atoms with E-state index < -0.39 is 11.0 Å². The van der Waals surface area contributed by atoms with Gasteiger partial charge in [0.25, 0.3) is 0 Å². The molecule has 6 heteroatoms. The second-order valence-electron chi connectivity index (χ2n) is 8.10. The summed E-state index contributed by atoms with van der Waals surface area (Å²) in [5, 5.41) is 0. The van der Waals surface area contributed by atoms with Gasteiger partial charge in [0.15, 0.2) is 5.96 Å². The van der Waals surface area contributed by atoms with Crippen molar-refractivity contribution in [2.24, 2.45) is 21.1 Å². The van der Waals surface area contributed by atoms with Crippen LogP contribution in [0.2, 0.25) is 0 Å². The Morgan fingerprint density at radius 2 is 1.96 bits per heavy atom. The Morgan fingerprint density at radius 3 is 2.59 bits per heavy atom. The third-order valence-electron chi connectivity index (χ3n) is 6.13.